The van der Waals surface area contributed by atoms with E-state index in [-0.39, 0.29) is 5.41 Å². The maximum atomic E-state index is 6.28. The van der Waals surface area contributed by atoms with E-state index in [0.717, 1.165) is 33.2 Å². The molecule has 172 valence electrons. The van der Waals surface area contributed by atoms with Gasteiger partial charge in [0, 0.05) is 44.1 Å². The summed E-state index contributed by atoms with van der Waals surface area (Å²) in [5, 5.41) is 7.40. The van der Waals surface area contributed by atoms with E-state index in [9.17, 15) is 0 Å². The number of hydrogen-bond donors (Lipinski definition) is 0. The molecule has 0 saturated carbocycles. The number of nitrogens with zero attached hydrogens (tertiary/aromatic N) is 2. The normalized spacial score (nSPS) is 12.9. The lowest BCUT2D eigenvalue weighted by Gasteiger charge is -2.19. The van der Waals surface area contributed by atoms with Crippen LogP contribution in [0.3, 0.4) is 0 Å². The maximum Gasteiger partial charge on any atom is 0.136 e. The molecule has 0 saturated heterocycles. The Morgan fingerprint density at radius 3 is 2.19 bits per heavy atom. The van der Waals surface area contributed by atoms with Gasteiger partial charge >= 0.3 is 0 Å². The van der Waals surface area contributed by atoms with E-state index in [2.05, 4.69) is 96.9 Å². The molecule has 0 aliphatic rings. The van der Waals surface area contributed by atoms with Crippen molar-refractivity contribution in [3.05, 3.63) is 96.7 Å². The van der Waals surface area contributed by atoms with E-state index in [1.165, 1.54) is 43.7 Å². The molecular formula is C33H24N2O. The number of aromatic nitrogens is 2. The molecule has 4 heterocycles. The monoisotopic (exact) mass is 464 g/mol. The molecule has 36 heavy (non-hydrogen) atoms. The van der Waals surface area contributed by atoms with Crippen LogP contribution in [0.4, 0.5) is 0 Å². The summed E-state index contributed by atoms with van der Waals surface area (Å²) in [7, 11) is 0. The number of furan rings is 1. The van der Waals surface area contributed by atoms with E-state index in [4.69, 9.17) is 4.42 Å². The highest BCUT2D eigenvalue weighted by atomic mass is 16.3. The Labute approximate surface area is 207 Å². The van der Waals surface area contributed by atoms with Gasteiger partial charge in [-0.25, -0.2) is 0 Å². The second-order valence-electron chi connectivity index (χ2n) is 10.9. The highest BCUT2D eigenvalue weighted by Gasteiger charge is 2.23. The van der Waals surface area contributed by atoms with Crippen molar-refractivity contribution < 1.29 is 4.42 Å². The first-order valence-electron chi connectivity index (χ1n) is 12.5. The number of rotatable bonds is 1. The summed E-state index contributed by atoms with van der Waals surface area (Å²) < 4.78 is 8.73. The fourth-order valence-corrected chi connectivity index (χ4v) is 5.89. The van der Waals surface area contributed by atoms with Crippen LogP contribution >= 0.6 is 0 Å². The molecule has 0 amide bonds. The van der Waals surface area contributed by atoms with Gasteiger partial charge < -0.3 is 8.82 Å². The van der Waals surface area contributed by atoms with Gasteiger partial charge in [0.2, 0.25) is 0 Å². The van der Waals surface area contributed by atoms with Crippen LogP contribution in [0, 0.1) is 0 Å². The predicted molar refractivity (Wildman–Crippen MR) is 150 cm³/mol. The SMILES string of the molecule is CC(C)(C)c1cc2c3cc(-c4ccccn4)ccc3n3c4cc5c(cc4c(c1)c23)oc1ccccc15. The van der Waals surface area contributed by atoms with E-state index in [0.29, 0.717) is 0 Å². The summed E-state index contributed by atoms with van der Waals surface area (Å²) in [4.78, 5) is 4.61. The van der Waals surface area contributed by atoms with Crippen molar-refractivity contribution in [2.75, 3.05) is 0 Å². The Morgan fingerprint density at radius 2 is 1.42 bits per heavy atom. The highest BCUT2D eigenvalue weighted by molar-refractivity contribution is 6.26. The second-order valence-corrected chi connectivity index (χ2v) is 10.9. The number of benzene rings is 4. The van der Waals surface area contributed by atoms with Gasteiger partial charge in [-0.2, -0.15) is 0 Å². The van der Waals surface area contributed by atoms with Crippen molar-refractivity contribution in [1.29, 1.82) is 0 Å². The van der Waals surface area contributed by atoms with Gasteiger partial charge in [-0.1, -0.05) is 51.1 Å². The Bertz CT molecular complexity index is 2120. The zero-order valence-corrected chi connectivity index (χ0v) is 20.5. The third-order valence-electron chi connectivity index (χ3n) is 7.71. The summed E-state index contributed by atoms with van der Waals surface area (Å²) in [6.45, 7) is 6.87. The molecule has 0 atom stereocenters. The lowest BCUT2D eigenvalue weighted by molar-refractivity contribution is 0.592. The minimum Gasteiger partial charge on any atom is -0.456 e. The van der Waals surface area contributed by atoms with Crippen LogP contribution in [0.15, 0.2) is 95.5 Å². The van der Waals surface area contributed by atoms with Crippen molar-refractivity contribution in [3.63, 3.8) is 0 Å². The standard InChI is InChI=1S/C33H24N2O/c1-33(2,3)20-15-25-22-14-19(27-9-6-7-13-34-27)11-12-28(22)35-29-17-24-21-8-4-5-10-30(21)36-31(24)18-23(29)26(16-20)32(25)35/h4-18H,1-3H3. The zero-order chi connectivity index (χ0) is 24.2. The molecule has 0 unspecified atom stereocenters. The van der Waals surface area contributed by atoms with Crippen LogP contribution in [0.2, 0.25) is 0 Å². The summed E-state index contributed by atoms with van der Waals surface area (Å²) in [6.07, 6.45) is 1.86. The van der Waals surface area contributed by atoms with Crippen molar-refractivity contribution in [1.82, 2.24) is 9.38 Å². The molecule has 0 bridgehead atoms. The van der Waals surface area contributed by atoms with E-state index in [1.807, 2.05) is 24.4 Å². The molecular weight excluding hydrogens is 440 g/mol. The molecule has 3 nitrogen and oxygen atoms in total. The fourth-order valence-electron chi connectivity index (χ4n) is 5.89. The van der Waals surface area contributed by atoms with Gasteiger partial charge in [0.05, 0.1) is 22.2 Å². The first-order chi connectivity index (χ1) is 17.5. The largest absolute Gasteiger partial charge is 0.456 e. The highest BCUT2D eigenvalue weighted by Crippen LogP contribution is 2.44. The van der Waals surface area contributed by atoms with Crippen LogP contribution < -0.4 is 0 Å². The molecule has 3 heteroatoms. The average molecular weight is 465 g/mol. The average Bonchev–Trinajstić information content (AvgIpc) is 3.52. The first kappa shape index (κ1) is 19.9. The molecule has 0 aliphatic heterocycles. The summed E-state index contributed by atoms with van der Waals surface area (Å²) >= 11 is 0. The van der Waals surface area contributed by atoms with Crippen molar-refractivity contribution in [2.45, 2.75) is 26.2 Å². The molecule has 0 aliphatic carbocycles. The predicted octanol–water partition coefficient (Wildman–Crippen LogP) is 9.10. The molecule has 8 rings (SSSR count). The molecule has 4 aromatic carbocycles. The maximum absolute atomic E-state index is 6.28. The van der Waals surface area contributed by atoms with Gasteiger partial charge in [0.1, 0.15) is 11.2 Å². The molecule has 0 fully saturated rings. The number of hydrogen-bond acceptors (Lipinski definition) is 2. The van der Waals surface area contributed by atoms with E-state index >= 15 is 0 Å². The van der Waals surface area contributed by atoms with Crippen molar-refractivity contribution >= 4 is 60.0 Å². The molecule has 0 N–H and O–H groups in total. The molecule has 4 aromatic heterocycles. The topological polar surface area (TPSA) is 30.4 Å². The smallest absolute Gasteiger partial charge is 0.136 e. The van der Waals surface area contributed by atoms with Gasteiger partial charge in [-0.15, -0.1) is 0 Å². The van der Waals surface area contributed by atoms with E-state index in [1.54, 1.807) is 0 Å². The first-order valence-corrected chi connectivity index (χ1v) is 12.5. The van der Waals surface area contributed by atoms with Crippen molar-refractivity contribution in [2.24, 2.45) is 0 Å². The summed E-state index contributed by atoms with van der Waals surface area (Å²) in [5.41, 5.74) is 9.11. The minimum absolute atomic E-state index is 0.0317. The molecule has 0 radical (unpaired) electrons. The zero-order valence-electron chi connectivity index (χ0n) is 20.5. The molecule has 8 aromatic rings. The molecule has 0 spiro atoms. The van der Waals surface area contributed by atoms with E-state index < -0.39 is 0 Å². The fraction of sp³-hybridized carbons (Fsp3) is 0.121. The van der Waals surface area contributed by atoms with Gasteiger partial charge in [-0.05, 0) is 65.6 Å². The van der Waals surface area contributed by atoms with Crippen LogP contribution in [0.25, 0.3) is 71.3 Å². The van der Waals surface area contributed by atoms with Crippen molar-refractivity contribution in [3.8, 4) is 11.3 Å². The quantitative estimate of drug-likeness (QED) is 0.242. The summed E-state index contributed by atoms with van der Waals surface area (Å²) in [6, 6.07) is 30.5. The Hall–Kier alpha value is -4.37. The van der Waals surface area contributed by atoms with Gasteiger partial charge in [0.15, 0.2) is 0 Å². The second kappa shape index (κ2) is 6.64. The van der Waals surface area contributed by atoms with Gasteiger partial charge in [0.25, 0.3) is 0 Å². The minimum atomic E-state index is 0.0317. The third-order valence-corrected chi connectivity index (χ3v) is 7.71. The summed E-state index contributed by atoms with van der Waals surface area (Å²) in [5.74, 6) is 0. The Balaban J connectivity index is 1.58. The number of pyridine rings is 1. The lowest BCUT2D eigenvalue weighted by atomic mass is 9.85. The number of para-hydroxylation sites is 1. The van der Waals surface area contributed by atoms with Gasteiger partial charge in [-0.3, -0.25) is 4.98 Å². The Kier molecular flexibility index (Phi) is 3.67. The van der Waals surface area contributed by atoms with Crippen LogP contribution in [0.1, 0.15) is 26.3 Å². The van der Waals surface area contributed by atoms with Crippen LogP contribution in [-0.4, -0.2) is 9.38 Å². The van der Waals surface area contributed by atoms with Crippen LogP contribution in [0.5, 0.6) is 0 Å². The number of fused-ring (bicyclic) bond motifs is 9. The Morgan fingerprint density at radius 1 is 0.639 bits per heavy atom. The van der Waals surface area contributed by atoms with Crippen LogP contribution in [-0.2, 0) is 5.41 Å². The third kappa shape index (κ3) is 2.55. The lowest BCUT2D eigenvalue weighted by Crippen LogP contribution is -2.10.